The lowest BCUT2D eigenvalue weighted by atomic mass is 9.96. The van der Waals surface area contributed by atoms with Crippen LogP contribution < -0.4 is 10.2 Å². The fourth-order valence-electron chi connectivity index (χ4n) is 3.09. The Morgan fingerprint density at radius 2 is 1.96 bits per heavy atom. The van der Waals surface area contributed by atoms with Gasteiger partial charge in [0.2, 0.25) is 5.91 Å². The molecule has 148 valence electrons. The largest absolute Gasteiger partial charge is 0.455 e. The molecule has 0 unspecified atom stereocenters. The average Bonchev–Trinajstić information content (AvgIpc) is 3.05. The zero-order chi connectivity index (χ0) is 20.0. The van der Waals surface area contributed by atoms with Crippen LogP contribution in [0.1, 0.15) is 52.0 Å². The molecule has 6 heteroatoms. The molecule has 0 aromatic heterocycles. The number of hydrogen-bond acceptors (Lipinski definition) is 4. The van der Waals surface area contributed by atoms with Crippen LogP contribution in [0.25, 0.3) is 0 Å². The van der Waals surface area contributed by atoms with Crippen molar-refractivity contribution in [1.82, 2.24) is 5.32 Å². The quantitative estimate of drug-likeness (QED) is 0.710. The van der Waals surface area contributed by atoms with Gasteiger partial charge in [-0.05, 0) is 29.9 Å². The number of amides is 2. The van der Waals surface area contributed by atoms with Crippen LogP contribution in [0.4, 0.5) is 5.69 Å². The van der Waals surface area contributed by atoms with Crippen LogP contribution >= 0.6 is 0 Å². The number of nitrogens with zero attached hydrogens (tertiary/aromatic N) is 1. The normalized spacial score (nSPS) is 17.9. The fourth-order valence-corrected chi connectivity index (χ4v) is 3.09. The highest BCUT2D eigenvalue weighted by Gasteiger charge is 2.37. The lowest BCUT2D eigenvalue weighted by Crippen LogP contribution is -2.33. The molecule has 2 amide bonds. The van der Waals surface area contributed by atoms with Gasteiger partial charge in [0.1, 0.15) is 0 Å². The monoisotopic (exact) mass is 374 g/mol. The van der Waals surface area contributed by atoms with E-state index in [2.05, 4.69) is 19.2 Å². The van der Waals surface area contributed by atoms with E-state index in [1.807, 2.05) is 38.1 Å². The predicted molar refractivity (Wildman–Crippen MR) is 104 cm³/mol. The lowest BCUT2D eigenvalue weighted by molar-refractivity contribution is -0.152. The van der Waals surface area contributed by atoms with Gasteiger partial charge < -0.3 is 15.0 Å². The first-order valence-corrected chi connectivity index (χ1v) is 9.66. The average molecular weight is 374 g/mol. The highest BCUT2D eigenvalue weighted by molar-refractivity contribution is 6.00. The van der Waals surface area contributed by atoms with E-state index in [0.29, 0.717) is 24.9 Å². The highest BCUT2D eigenvalue weighted by Crippen LogP contribution is 2.33. The van der Waals surface area contributed by atoms with E-state index < -0.39 is 11.9 Å². The van der Waals surface area contributed by atoms with Gasteiger partial charge in [0, 0.05) is 25.2 Å². The second kappa shape index (κ2) is 9.53. The van der Waals surface area contributed by atoms with Crippen LogP contribution in [-0.4, -0.2) is 37.5 Å². The Hall–Kier alpha value is -2.37. The molecule has 6 nitrogen and oxygen atoms in total. The van der Waals surface area contributed by atoms with Crippen molar-refractivity contribution < 1.29 is 19.1 Å². The van der Waals surface area contributed by atoms with Crippen LogP contribution in [0.15, 0.2) is 24.3 Å². The molecule has 1 aromatic rings. The van der Waals surface area contributed by atoms with Crippen LogP contribution in [0.3, 0.4) is 0 Å². The standard InChI is InChI=1S/C21H30N2O4/c1-5-15(4)17-8-6-7-9-18(17)23-12-16(10-20(23)25)21(26)27-13-19(24)22-11-14(2)3/h6-9,14-16H,5,10-13H2,1-4H3,(H,22,24)/t15-,16-/m1/s1. The van der Waals surface area contributed by atoms with Crippen molar-refractivity contribution >= 4 is 23.5 Å². The number of anilines is 1. The lowest BCUT2D eigenvalue weighted by Gasteiger charge is -2.23. The number of rotatable bonds is 8. The SMILES string of the molecule is CC[C@@H](C)c1ccccc1N1C[C@H](C(=O)OCC(=O)NCC(C)C)CC1=O. The molecular weight excluding hydrogens is 344 g/mol. The zero-order valence-corrected chi connectivity index (χ0v) is 16.7. The Labute approximate surface area is 161 Å². The number of benzene rings is 1. The van der Waals surface area contributed by atoms with Gasteiger partial charge >= 0.3 is 5.97 Å². The number of carbonyl (C=O) groups is 3. The third kappa shape index (κ3) is 5.55. The number of nitrogens with one attached hydrogen (secondary N) is 1. The summed E-state index contributed by atoms with van der Waals surface area (Å²) >= 11 is 0. The Morgan fingerprint density at radius 1 is 1.26 bits per heavy atom. The van der Waals surface area contributed by atoms with Gasteiger partial charge in [-0.2, -0.15) is 0 Å². The van der Waals surface area contributed by atoms with Crippen LogP contribution in [0.2, 0.25) is 0 Å². The van der Waals surface area contributed by atoms with Gasteiger partial charge in [0.15, 0.2) is 6.61 Å². The zero-order valence-electron chi connectivity index (χ0n) is 16.7. The molecule has 1 fully saturated rings. The minimum Gasteiger partial charge on any atom is -0.455 e. The molecule has 0 spiro atoms. The van der Waals surface area contributed by atoms with Crippen molar-refractivity contribution in [2.45, 2.75) is 46.5 Å². The molecule has 2 atom stereocenters. The maximum Gasteiger partial charge on any atom is 0.311 e. The smallest absolute Gasteiger partial charge is 0.311 e. The van der Waals surface area contributed by atoms with Crippen molar-refractivity contribution in [1.29, 1.82) is 0 Å². The molecule has 1 aliphatic heterocycles. The molecule has 1 N–H and O–H groups in total. The molecule has 0 aliphatic carbocycles. The third-order valence-corrected chi connectivity index (χ3v) is 4.88. The molecule has 27 heavy (non-hydrogen) atoms. The van der Waals surface area contributed by atoms with Crippen molar-refractivity contribution in [2.24, 2.45) is 11.8 Å². The van der Waals surface area contributed by atoms with Gasteiger partial charge in [0.25, 0.3) is 5.91 Å². The van der Waals surface area contributed by atoms with Gasteiger partial charge in [0.05, 0.1) is 5.92 Å². The Bertz CT molecular complexity index is 687. The Balaban J connectivity index is 1.97. The Kier molecular flexibility index (Phi) is 7.39. The maximum atomic E-state index is 12.5. The van der Waals surface area contributed by atoms with E-state index in [-0.39, 0.29) is 24.8 Å². The summed E-state index contributed by atoms with van der Waals surface area (Å²) in [5.41, 5.74) is 1.97. The summed E-state index contributed by atoms with van der Waals surface area (Å²) in [5, 5.41) is 2.70. The predicted octanol–water partition coefficient (Wildman–Crippen LogP) is 2.87. The first-order valence-electron chi connectivity index (χ1n) is 9.66. The van der Waals surface area contributed by atoms with E-state index in [1.165, 1.54) is 0 Å². The molecule has 1 heterocycles. The van der Waals surface area contributed by atoms with Gasteiger partial charge in [-0.25, -0.2) is 0 Å². The Morgan fingerprint density at radius 3 is 2.63 bits per heavy atom. The van der Waals surface area contributed by atoms with E-state index >= 15 is 0 Å². The fraction of sp³-hybridized carbons (Fsp3) is 0.571. The molecule has 1 aliphatic rings. The van der Waals surface area contributed by atoms with E-state index in [4.69, 9.17) is 4.74 Å². The summed E-state index contributed by atoms with van der Waals surface area (Å²) in [4.78, 5) is 38.2. The van der Waals surface area contributed by atoms with Crippen molar-refractivity contribution in [3.05, 3.63) is 29.8 Å². The first-order chi connectivity index (χ1) is 12.8. The third-order valence-electron chi connectivity index (χ3n) is 4.88. The van der Waals surface area contributed by atoms with Crippen LogP contribution in [0.5, 0.6) is 0 Å². The molecule has 0 radical (unpaired) electrons. The summed E-state index contributed by atoms with van der Waals surface area (Å²) in [6, 6.07) is 7.82. The summed E-state index contributed by atoms with van der Waals surface area (Å²) < 4.78 is 5.12. The first kappa shape index (κ1) is 20.9. The number of hydrogen-bond donors (Lipinski definition) is 1. The van der Waals surface area contributed by atoms with Gasteiger partial charge in [-0.15, -0.1) is 0 Å². The van der Waals surface area contributed by atoms with E-state index in [9.17, 15) is 14.4 Å². The summed E-state index contributed by atoms with van der Waals surface area (Å²) in [5.74, 6) is -0.787. The van der Waals surface area contributed by atoms with Crippen molar-refractivity contribution in [2.75, 3.05) is 24.6 Å². The number of carbonyl (C=O) groups excluding carboxylic acids is 3. The molecule has 0 saturated carbocycles. The molecule has 1 saturated heterocycles. The summed E-state index contributed by atoms with van der Waals surface area (Å²) in [6.45, 7) is 8.74. The highest BCUT2D eigenvalue weighted by atomic mass is 16.5. The summed E-state index contributed by atoms with van der Waals surface area (Å²) in [6.07, 6.45) is 1.08. The molecular formula is C21H30N2O4. The maximum absolute atomic E-state index is 12.5. The summed E-state index contributed by atoms with van der Waals surface area (Å²) in [7, 11) is 0. The van der Waals surface area contributed by atoms with E-state index in [1.54, 1.807) is 4.90 Å². The van der Waals surface area contributed by atoms with Gasteiger partial charge in [-0.3, -0.25) is 14.4 Å². The molecule has 0 bridgehead atoms. The van der Waals surface area contributed by atoms with Crippen molar-refractivity contribution in [3.63, 3.8) is 0 Å². The minimum atomic E-state index is -0.541. The van der Waals surface area contributed by atoms with Crippen LogP contribution in [-0.2, 0) is 19.1 Å². The van der Waals surface area contributed by atoms with Gasteiger partial charge in [-0.1, -0.05) is 45.9 Å². The molecule has 1 aromatic carbocycles. The van der Waals surface area contributed by atoms with E-state index in [0.717, 1.165) is 17.7 Å². The second-order valence-electron chi connectivity index (χ2n) is 7.58. The topological polar surface area (TPSA) is 75.7 Å². The minimum absolute atomic E-state index is 0.0861. The van der Waals surface area contributed by atoms with Crippen molar-refractivity contribution in [3.8, 4) is 0 Å². The number of esters is 1. The van der Waals surface area contributed by atoms with Crippen LogP contribution in [0, 0.1) is 11.8 Å². The second-order valence-corrected chi connectivity index (χ2v) is 7.58. The number of ether oxygens (including phenoxy) is 1. The molecule has 2 rings (SSSR count). The number of para-hydroxylation sites is 1.